The summed E-state index contributed by atoms with van der Waals surface area (Å²) in [7, 11) is -2.53. The van der Waals surface area contributed by atoms with Gasteiger partial charge in [-0.2, -0.15) is 4.31 Å². The van der Waals surface area contributed by atoms with Crippen LogP contribution in [0.4, 0.5) is 5.69 Å². The fourth-order valence-electron chi connectivity index (χ4n) is 2.98. The van der Waals surface area contributed by atoms with Crippen LogP contribution in [0.2, 0.25) is 0 Å². The Bertz CT molecular complexity index is 864. The Labute approximate surface area is 158 Å². The van der Waals surface area contributed by atoms with Crippen LogP contribution in [-0.4, -0.2) is 75.4 Å². The number of hydrogen-bond acceptors (Lipinski definition) is 6. The molecule has 2 aliphatic rings. The number of likely N-dealkylation sites (N-methyl/N-ethyl adjacent to an activating group) is 1. The molecule has 1 aromatic rings. The van der Waals surface area contributed by atoms with Gasteiger partial charge in [-0.3, -0.25) is 9.59 Å². The van der Waals surface area contributed by atoms with E-state index in [9.17, 15) is 18.0 Å². The number of anilines is 1. The van der Waals surface area contributed by atoms with Gasteiger partial charge in [-0.1, -0.05) is 0 Å². The van der Waals surface area contributed by atoms with E-state index in [1.54, 1.807) is 24.8 Å². The summed E-state index contributed by atoms with van der Waals surface area (Å²) in [5.74, 6) is -0.262. The van der Waals surface area contributed by atoms with Gasteiger partial charge in [0.2, 0.25) is 15.9 Å². The van der Waals surface area contributed by atoms with Crippen molar-refractivity contribution in [1.82, 2.24) is 9.21 Å². The summed E-state index contributed by atoms with van der Waals surface area (Å²) in [6.07, 6.45) is -0.712. The lowest BCUT2D eigenvalue weighted by molar-refractivity contribution is -0.135. The normalized spacial score (nSPS) is 20.1. The number of benzene rings is 1. The summed E-state index contributed by atoms with van der Waals surface area (Å²) in [5, 5.41) is 2.69. The van der Waals surface area contributed by atoms with Crippen molar-refractivity contribution in [3.8, 4) is 5.75 Å². The van der Waals surface area contributed by atoms with E-state index in [1.165, 1.54) is 13.1 Å². The van der Waals surface area contributed by atoms with Crippen molar-refractivity contribution in [3.63, 3.8) is 0 Å². The molecule has 2 heterocycles. The summed E-state index contributed by atoms with van der Waals surface area (Å²) in [5.41, 5.74) is 0.888. The molecule has 0 aliphatic carbocycles. The molecule has 0 bridgehead atoms. The number of hydrogen-bond donors (Lipinski definition) is 1. The quantitative estimate of drug-likeness (QED) is 0.778. The highest BCUT2D eigenvalue weighted by molar-refractivity contribution is 7.89. The van der Waals surface area contributed by atoms with E-state index in [4.69, 9.17) is 9.47 Å². The SMILES string of the molecule is Cc1cc2c(cc1S(=O)(=O)N(C)CC(=O)N1CCOCC1)O[C@H](C)C(=O)N2. The van der Waals surface area contributed by atoms with Crippen LogP contribution < -0.4 is 10.1 Å². The maximum atomic E-state index is 13.0. The van der Waals surface area contributed by atoms with Gasteiger partial charge in [0.1, 0.15) is 5.75 Å². The molecule has 10 heteroatoms. The third-order valence-electron chi connectivity index (χ3n) is 4.62. The zero-order chi connectivity index (χ0) is 19.8. The van der Waals surface area contributed by atoms with Crippen LogP contribution in [0.15, 0.2) is 17.0 Å². The third kappa shape index (κ3) is 3.92. The van der Waals surface area contributed by atoms with Crippen molar-refractivity contribution in [2.75, 3.05) is 45.2 Å². The minimum absolute atomic E-state index is 0.0434. The van der Waals surface area contributed by atoms with Crippen LogP contribution in [0.3, 0.4) is 0 Å². The number of amides is 2. The first-order valence-electron chi connectivity index (χ1n) is 8.64. The van der Waals surface area contributed by atoms with Crippen LogP contribution in [0.1, 0.15) is 12.5 Å². The maximum absolute atomic E-state index is 13.0. The molecule has 9 nitrogen and oxygen atoms in total. The molecule has 1 aromatic carbocycles. The third-order valence-corrected chi connectivity index (χ3v) is 6.56. The monoisotopic (exact) mass is 397 g/mol. The van der Waals surface area contributed by atoms with Crippen LogP contribution >= 0.6 is 0 Å². The number of ether oxygens (including phenoxy) is 2. The van der Waals surface area contributed by atoms with Crippen LogP contribution in [0, 0.1) is 6.92 Å². The van der Waals surface area contributed by atoms with E-state index in [2.05, 4.69) is 5.32 Å². The fraction of sp³-hybridized carbons (Fsp3) is 0.529. The molecule has 1 saturated heterocycles. The number of fused-ring (bicyclic) bond motifs is 1. The van der Waals surface area contributed by atoms with E-state index >= 15 is 0 Å². The standard InChI is InChI=1S/C17H23N3O6S/c1-11-8-13-14(26-12(2)17(22)18-13)9-15(11)27(23,24)19(3)10-16(21)20-4-6-25-7-5-20/h8-9,12H,4-7,10H2,1-3H3,(H,18,22)/t12-/m1/s1. The van der Waals surface area contributed by atoms with Crippen molar-refractivity contribution >= 4 is 27.5 Å². The number of nitrogens with zero attached hydrogens (tertiary/aromatic N) is 2. The van der Waals surface area contributed by atoms with Gasteiger partial charge in [0.25, 0.3) is 5.91 Å². The van der Waals surface area contributed by atoms with Gasteiger partial charge < -0.3 is 19.7 Å². The van der Waals surface area contributed by atoms with E-state index < -0.39 is 16.1 Å². The Morgan fingerprint density at radius 2 is 2.00 bits per heavy atom. The predicted octanol–water partition coefficient (Wildman–Crippen LogP) is 0.194. The Hall–Kier alpha value is -2.17. The van der Waals surface area contributed by atoms with Crippen LogP contribution in [0.5, 0.6) is 5.75 Å². The summed E-state index contributed by atoms with van der Waals surface area (Å²) in [6.45, 7) is 4.77. The van der Waals surface area contributed by atoms with Gasteiger partial charge in [0.15, 0.2) is 6.10 Å². The highest BCUT2D eigenvalue weighted by Crippen LogP contribution is 2.35. The second kappa shape index (κ2) is 7.45. The van der Waals surface area contributed by atoms with Crippen LogP contribution in [0.25, 0.3) is 0 Å². The topological polar surface area (TPSA) is 105 Å². The lowest BCUT2D eigenvalue weighted by Crippen LogP contribution is -2.46. The van der Waals surface area contributed by atoms with Crippen molar-refractivity contribution in [2.45, 2.75) is 24.8 Å². The summed E-state index contributed by atoms with van der Waals surface area (Å²) >= 11 is 0. The zero-order valence-electron chi connectivity index (χ0n) is 15.5. The second-order valence-electron chi connectivity index (χ2n) is 6.62. The van der Waals surface area contributed by atoms with Crippen molar-refractivity contribution in [3.05, 3.63) is 17.7 Å². The maximum Gasteiger partial charge on any atom is 0.265 e. The summed E-state index contributed by atoms with van der Waals surface area (Å²) < 4.78 is 37.7. The average Bonchev–Trinajstić information content (AvgIpc) is 2.63. The number of nitrogens with one attached hydrogen (secondary N) is 1. The first-order valence-corrected chi connectivity index (χ1v) is 10.1. The molecular formula is C17H23N3O6S. The first-order chi connectivity index (χ1) is 12.7. The Balaban J connectivity index is 1.82. The van der Waals surface area contributed by atoms with Crippen molar-refractivity contribution in [1.29, 1.82) is 0 Å². The summed E-state index contributed by atoms with van der Waals surface area (Å²) in [4.78, 5) is 25.7. The largest absolute Gasteiger partial charge is 0.479 e. The van der Waals surface area contributed by atoms with Crippen LogP contribution in [-0.2, 0) is 24.3 Å². The lowest BCUT2D eigenvalue weighted by atomic mass is 10.1. The molecule has 2 amide bonds. The van der Waals surface area contributed by atoms with E-state index in [-0.39, 0.29) is 23.3 Å². The number of aryl methyl sites for hydroxylation is 1. The Morgan fingerprint density at radius 1 is 1.33 bits per heavy atom. The number of morpholine rings is 1. The predicted molar refractivity (Wildman–Crippen MR) is 97.1 cm³/mol. The molecule has 3 rings (SSSR count). The highest BCUT2D eigenvalue weighted by atomic mass is 32.2. The molecule has 1 atom stereocenters. The van der Waals surface area contributed by atoms with Crippen molar-refractivity contribution < 1.29 is 27.5 Å². The molecule has 0 spiro atoms. The molecule has 1 fully saturated rings. The molecule has 0 radical (unpaired) electrons. The van der Waals surface area contributed by atoms with Gasteiger partial charge in [-0.25, -0.2) is 8.42 Å². The van der Waals surface area contributed by atoms with Crippen molar-refractivity contribution in [2.24, 2.45) is 0 Å². The molecule has 148 valence electrons. The number of carbonyl (C=O) groups excluding carboxylic acids is 2. The second-order valence-corrected chi connectivity index (χ2v) is 8.63. The highest BCUT2D eigenvalue weighted by Gasteiger charge is 2.31. The van der Waals surface area contributed by atoms with Gasteiger partial charge in [0, 0.05) is 26.2 Å². The summed E-state index contributed by atoms with van der Waals surface area (Å²) in [6, 6.07) is 2.95. The first kappa shape index (κ1) is 19.6. The number of rotatable bonds is 4. The molecular weight excluding hydrogens is 374 g/mol. The molecule has 0 unspecified atom stereocenters. The molecule has 2 aliphatic heterocycles. The Morgan fingerprint density at radius 3 is 2.67 bits per heavy atom. The minimum Gasteiger partial charge on any atom is -0.479 e. The van der Waals surface area contributed by atoms with Gasteiger partial charge in [-0.05, 0) is 25.5 Å². The molecule has 0 saturated carbocycles. The van der Waals surface area contributed by atoms with Gasteiger partial charge in [-0.15, -0.1) is 0 Å². The minimum atomic E-state index is -3.91. The van der Waals surface area contributed by atoms with Gasteiger partial charge in [0.05, 0.1) is 30.3 Å². The van der Waals surface area contributed by atoms with Gasteiger partial charge >= 0.3 is 0 Å². The zero-order valence-corrected chi connectivity index (χ0v) is 16.3. The molecule has 27 heavy (non-hydrogen) atoms. The molecule has 0 aromatic heterocycles. The number of sulfonamides is 1. The smallest absolute Gasteiger partial charge is 0.265 e. The number of carbonyl (C=O) groups is 2. The van der Waals surface area contributed by atoms with E-state index in [1.807, 2.05) is 0 Å². The van der Waals surface area contributed by atoms with E-state index in [0.29, 0.717) is 43.3 Å². The van der Waals surface area contributed by atoms with E-state index in [0.717, 1.165) is 4.31 Å². The molecule has 1 N–H and O–H groups in total. The lowest BCUT2D eigenvalue weighted by Gasteiger charge is -2.29. The fourth-order valence-corrected chi connectivity index (χ4v) is 4.31. The Kier molecular flexibility index (Phi) is 5.41. The average molecular weight is 397 g/mol.